The maximum atomic E-state index is 12.9. The van der Waals surface area contributed by atoms with Crippen LogP contribution in [0.3, 0.4) is 0 Å². The number of ether oxygens (including phenoxy) is 1. The average Bonchev–Trinajstić information content (AvgIpc) is 2.81. The topological polar surface area (TPSA) is 96.7 Å². The number of para-hydroxylation sites is 2. The van der Waals surface area contributed by atoms with Gasteiger partial charge in [0.25, 0.3) is 11.5 Å². The van der Waals surface area contributed by atoms with Gasteiger partial charge in [-0.1, -0.05) is 42.5 Å². The number of piperidine rings is 1. The number of aromatic nitrogens is 2. The minimum absolute atomic E-state index is 0.0256. The molecule has 1 aliphatic heterocycles. The van der Waals surface area contributed by atoms with Gasteiger partial charge in [-0.2, -0.15) is 9.78 Å². The third-order valence-electron chi connectivity index (χ3n) is 5.61. The summed E-state index contributed by atoms with van der Waals surface area (Å²) in [6, 6.07) is 18.1. The fourth-order valence-electron chi connectivity index (χ4n) is 3.92. The van der Waals surface area contributed by atoms with Gasteiger partial charge in [0.05, 0.1) is 7.11 Å². The molecule has 0 radical (unpaired) electrons. The molecule has 3 aromatic rings. The second-order valence-corrected chi connectivity index (χ2v) is 7.81. The summed E-state index contributed by atoms with van der Waals surface area (Å²) in [5.74, 6) is -0.516. The van der Waals surface area contributed by atoms with Gasteiger partial charge in [-0.15, -0.1) is 0 Å². The second kappa shape index (κ2) is 9.65. The Morgan fingerprint density at radius 1 is 1.12 bits per heavy atom. The van der Waals surface area contributed by atoms with E-state index < -0.39 is 17.2 Å². The van der Waals surface area contributed by atoms with Gasteiger partial charge in [0.2, 0.25) is 0 Å². The Labute approximate surface area is 186 Å². The highest BCUT2D eigenvalue weighted by molar-refractivity contribution is 5.94. The quantitative estimate of drug-likeness (QED) is 0.618. The summed E-state index contributed by atoms with van der Waals surface area (Å²) in [6.07, 6.45) is 1.59. The van der Waals surface area contributed by atoms with E-state index in [4.69, 9.17) is 4.74 Å². The van der Waals surface area contributed by atoms with Crippen LogP contribution in [0.4, 0.5) is 0 Å². The molecule has 4 rings (SSSR count). The molecule has 1 aliphatic rings. The van der Waals surface area contributed by atoms with Crippen LogP contribution in [0.25, 0.3) is 5.69 Å². The van der Waals surface area contributed by atoms with Crippen LogP contribution in [-0.2, 0) is 6.54 Å². The molecular formula is C24H26N4O4. The maximum Gasteiger partial charge on any atom is 0.275 e. The van der Waals surface area contributed by atoms with E-state index in [2.05, 4.69) is 27.4 Å². The van der Waals surface area contributed by atoms with E-state index in [1.165, 1.54) is 12.7 Å². The van der Waals surface area contributed by atoms with Crippen molar-refractivity contribution in [3.8, 4) is 17.2 Å². The SMILES string of the molecule is COc1ccccc1-n1nc(C(=O)NC2CCN(Cc3ccccc3)CC2)c(O)cc1=O. The van der Waals surface area contributed by atoms with E-state index in [0.717, 1.165) is 43.2 Å². The zero-order chi connectivity index (χ0) is 22.5. The van der Waals surface area contributed by atoms with E-state index in [1.54, 1.807) is 24.3 Å². The van der Waals surface area contributed by atoms with E-state index >= 15 is 0 Å². The van der Waals surface area contributed by atoms with Crippen LogP contribution >= 0.6 is 0 Å². The normalized spacial score (nSPS) is 14.8. The van der Waals surface area contributed by atoms with E-state index in [9.17, 15) is 14.7 Å². The Morgan fingerprint density at radius 2 is 1.81 bits per heavy atom. The van der Waals surface area contributed by atoms with Crippen molar-refractivity contribution in [2.75, 3.05) is 20.2 Å². The van der Waals surface area contributed by atoms with Crippen LogP contribution in [0, 0.1) is 0 Å². The Bertz CT molecular complexity index is 1140. The van der Waals surface area contributed by atoms with Crippen molar-refractivity contribution in [3.05, 3.63) is 82.3 Å². The number of amides is 1. The highest BCUT2D eigenvalue weighted by atomic mass is 16.5. The number of rotatable bonds is 6. The number of carbonyl (C=O) groups is 1. The maximum absolute atomic E-state index is 12.9. The predicted octanol–water partition coefficient (Wildman–Crippen LogP) is 2.34. The highest BCUT2D eigenvalue weighted by Gasteiger charge is 2.24. The predicted molar refractivity (Wildman–Crippen MR) is 120 cm³/mol. The largest absolute Gasteiger partial charge is 0.505 e. The third-order valence-corrected chi connectivity index (χ3v) is 5.61. The van der Waals surface area contributed by atoms with Gasteiger partial charge < -0.3 is 15.2 Å². The molecule has 0 spiro atoms. The van der Waals surface area contributed by atoms with Crippen LogP contribution in [0.2, 0.25) is 0 Å². The van der Waals surface area contributed by atoms with Crippen LogP contribution in [0.5, 0.6) is 11.5 Å². The van der Waals surface area contributed by atoms with Gasteiger partial charge in [-0.05, 0) is 30.5 Å². The molecule has 2 heterocycles. The average molecular weight is 434 g/mol. The van der Waals surface area contributed by atoms with Crippen molar-refractivity contribution in [1.29, 1.82) is 0 Å². The Kier molecular flexibility index (Phi) is 6.51. The highest BCUT2D eigenvalue weighted by Crippen LogP contribution is 2.22. The lowest BCUT2D eigenvalue weighted by atomic mass is 10.0. The Balaban J connectivity index is 1.44. The molecular weight excluding hydrogens is 408 g/mol. The zero-order valence-electron chi connectivity index (χ0n) is 17.9. The van der Waals surface area contributed by atoms with Crippen LogP contribution in [-0.4, -0.2) is 51.9 Å². The molecule has 166 valence electrons. The number of hydrogen-bond donors (Lipinski definition) is 2. The van der Waals surface area contributed by atoms with Gasteiger partial charge in [-0.25, -0.2) is 0 Å². The minimum atomic E-state index is -0.558. The Morgan fingerprint density at radius 3 is 2.53 bits per heavy atom. The molecule has 1 amide bonds. The lowest BCUT2D eigenvalue weighted by Crippen LogP contribution is -2.44. The molecule has 0 atom stereocenters. The first-order valence-electron chi connectivity index (χ1n) is 10.6. The van der Waals surface area contributed by atoms with Crippen molar-refractivity contribution in [2.24, 2.45) is 0 Å². The van der Waals surface area contributed by atoms with Crippen molar-refractivity contribution in [2.45, 2.75) is 25.4 Å². The summed E-state index contributed by atoms with van der Waals surface area (Å²) in [5, 5.41) is 17.3. The summed E-state index contributed by atoms with van der Waals surface area (Å²) in [7, 11) is 1.49. The van der Waals surface area contributed by atoms with Crippen molar-refractivity contribution in [3.63, 3.8) is 0 Å². The van der Waals surface area contributed by atoms with Gasteiger partial charge >= 0.3 is 0 Å². The summed E-state index contributed by atoms with van der Waals surface area (Å²) in [6.45, 7) is 2.60. The van der Waals surface area contributed by atoms with Gasteiger partial charge in [0.1, 0.15) is 11.4 Å². The molecule has 0 bridgehead atoms. The molecule has 1 aromatic heterocycles. The lowest BCUT2D eigenvalue weighted by Gasteiger charge is -2.32. The smallest absolute Gasteiger partial charge is 0.275 e. The molecule has 1 saturated heterocycles. The molecule has 0 unspecified atom stereocenters. The van der Waals surface area contributed by atoms with Crippen molar-refractivity contribution < 1.29 is 14.6 Å². The van der Waals surface area contributed by atoms with Crippen LogP contribution in [0.1, 0.15) is 28.9 Å². The number of aromatic hydroxyl groups is 1. The monoisotopic (exact) mass is 434 g/mol. The first kappa shape index (κ1) is 21.6. The first-order chi connectivity index (χ1) is 15.5. The molecule has 2 N–H and O–H groups in total. The number of likely N-dealkylation sites (tertiary alicyclic amines) is 1. The summed E-state index contributed by atoms with van der Waals surface area (Å²) in [5.41, 5.74) is 0.908. The molecule has 2 aromatic carbocycles. The van der Waals surface area contributed by atoms with Gasteiger partial charge in [-0.3, -0.25) is 14.5 Å². The van der Waals surface area contributed by atoms with Crippen LogP contribution in [0.15, 0.2) is 65.5 Å². The number of benzene rings is 2. The summed E-state index contributed by atoms with van der Waals surface area (Å²) < 4.78 is 6.36. The zero-order valence-corrected chi connectivity index (χ0v) is 17.9. The van der Waals surface area contributed by atoms with Crippen molar-refractivity contribution in [1.82, 2.24) is 20.0 Å². The lowest BCUT2D eigenvalue weighted by molar-refractivity contribution is 0.0899. The van der Waals surface area contributed by atoms with Gasteiger partial charge in [0, 0.05) is 31.7 Å². The second-order valence-electron chi connectivity index (χ2n) is 7.81. The van der Waals surface area contributed by atoms with E-state index in [1.807, 2.05) is 18.2 Å². The number of nitrogens with zero attached hydrogens (tertiary/aromatic N) is 3. The van der Waals surface area contributed by atoms with Crippen LogP contribution < -0.4 is 15.6 Å². The number of nitrogens with one attached hydrogen (secondary N) is 1. The van der Waals surface area contributed by atoms with Crippen molar-refractivity contribution >= 4 is 5.91 Å². The molecule has 8 nitrogen and oxygen atoms in total. The number of hydrogen-bond acceptors (Lipinski definition) is 6. The fourth-order valence-corrected chi connectivity index (χ4v) is 3.92. The Hall–Kier alpha value is -3.65. The third kappa shape index (κ3) is 4.81. The van der Waals surface area contributed by atoms with Gasteiger partial charge in [0.15, 0.2) is 11.4 Å². The molecule has 8 heteroatoms. The standard InChI is InChI=1S/C24H26N4O4/c1-32-21-10-6-5-9-19(21)28-22(30)15-20(29)23(26-28)24(31)25-18-11-13-27(14-12-18)16-17-7-3-2-4-8-17/h2-10,15,18,29H,11-14,16H2,1H3,(H,25,31). The van der Waals surface area contributed by atoms with E-state index in [0.29, 0.717) is 11.4 Å². The molecule has 0 aliphatic carbocycles. The first-order valence-corrected chi connectivity index (χ1v) is 10.6. The fraction of sp³-hybridized carbons (Fsp3) is 0.292. The molecule has 0 saturated carbocycles. The number of carbonyl (C=O) groups excluding carboxylic acids is 1. The number of methoxy groups -OCH3 is 1. The molecule has 1 fully saturated rings. The summed E-state index contributed by atoms with van der Waals surface area (Å²) in [4.78, 5) is 27.6. The minimum Gasteiger partial charge on any atom is -0.505 e. The molecule has 32 heavy (non-hydrogen) atoms. The van der Waals surface area contributed by atoms with E-state index in [-0.39, 0.29) is 11.7 Å². The summed E-state index contributed by atoms with van der Waals surface area (Å²) >= 11 is 0.